The van der Waals surface area contributed by atoms with Crippen molar-refractivity contribution in [2.24, 2.45) is 5.92 Å². The van der Waals surface area contributed by atoms with Crippen LogP contribution in [0, 0.1) is 5.92 Å². The molecule has 0 radical (unpaired) electrons. The molecule has 0 bridgehead atoms. The minimum atomic E-state index is -0.0792. The van der Waals surface area contributed by atoms with Gasteiger partial charge in [0.2, 0.25) is 0 Å². The summed E-state index contributed by atoms with van der Waals surface area (Å²) in [6.07, 6.45) is 14.7. The molecule has 0 amide bonds. The Balaban J connectivity index is 3.61. The van der Waals surface area contributed by atoms with Crippen LogP contribution in [0.15, 0.2) is 0 Å². The molecule has 0 rings (SSSR count). The van der Waals surface area contributed by atoms with E-state index in [0.717, 1.165) is 19.4 Å². The Morgan fingerprint density at radius 2 is 1.26 bits per heavy atom. The third-order valence-electron chi connectivity index (χ3n) is 4.85. The highest BCUT2D eigenvalue weighted by Crippen LogP contribution is 2.18. The number of unbranched alkanes of at least 4 members (excludes halogenated alkanes) is 6. The molecule has 0 aliphatic carbocycles. The first-order valence-corrected chi connectivity index (χ1v) is 11.6. The third-order valence-corrected chi connectivity index (χ3v) is 4.85. The lowest BCUT2D eigenvalue weighted by Crippen LogP contribution is -2.15. The maximum atomic E-state index is 11.9. The molecule has 0 aromatic heterocycles. The van der Waals surface area contributed by atoms with Gasteiger partial charge in [-0.3, -0.25) is 4.79 Å². The van der Waals surface area contributed by atoms with E-state index in [1.54, 1.807) is 0 Å². The molecule has 1 unspecified atom stereocenters. The van der Waals surface area contributed by atoms with Crippen LogP contribution in [0.2, 0.25) is 0 Å². The number of carbonyl (C=O) groups excluding carboxylic acids is 1. The Morgan fingerprint density at radius 3 is 1.93 bits per heavy atom. The average Bonchev–Trinajstić information content (AvgIpc) is 2.68. The Kier molecular flexibility index (Phi) is 21.2. The van der Waals surface area contributed by atoms with E-state index in [1.165, 1.54) is 64.2 Å². The molecule has 0 fully saturated rings. The molecule has 0 saturated carbocycles. The van der Waals surface area contributed by atoms with Gasteiger partial charge in [-0.05, 0) is 31.6 Å². The van der Waals surface area contributed by atoms with Gasteiger partial charge in [-0.2, -0.15) is 0 Å². The number of hydrogen-bond donors (Lipinski definition) is 0. The molecule has 0 aromatic carbocycles. The summed E-state index contributed by atoms with van der Waals surface area (Å²) in [4.78, 5) is 11.9. The standard InChI is InChI=1S/C23H46O4/c1-4-7-10-11-15-22(14-9-6-3)21-27-23(24)16-13-18-26-20-19-25-17-12-8-5-2/h22H,4-21H2,1-3H3. The van der Waals surface area contributed by atoms with E-state index >= 15 is 0 Å². The van der Waals surface area contributed by atoms with Crippen molar-refractivity contribution in [2.75, 3.05) is 33.0 Å². The Labute approximate surface area is 168 Å². The zero-order valence-electron chi connectivity index (χ0n) is 18.4. The second kappa shape index (κ2) is 21.7. The summed E-state index contributed by atoms with van der Waals surface area (Å²) < 4.78 is 16.5. The number of carbonyl (C=O) groups is 1. The van der Waals surface area contributed by atoms with Gasteiger partial charge in [0.15, 0.2) is 0 Å². The van der Waals surface area contributed by atoms with Crippen molar-refractivity contribution in [3.63, 3.8) is 0 Å². The lowest BCUT2D eigenvalue weighted by Gasteiger charge is -2.16. The highest BCUT2D eigenvalue weighted by Gasteiger charge is 2.11. The third kappa shape index (κ3) is 19.9. The first-order chi connectivity index (χ1) is 13.2. The summed E-state index contributed by atoms with van der Waals surface area (Å²) in [5, 5.41) is 0. The van der Waals surface area contributed by atoms with Crippen molar-refractivity contribution in [2.45, 2.75) is 104 Å². The molecule has 0 N–H and O–H groups in total. The van der Waals surface area contributed by atoms with Crippen LogP contribution in [0.1, 0.15) is 104 Å². The van der Waals surface area contributed by atoms with Crippen LogP contribution in [0.3, 0.4) is 0 Å². The maximum absolute atomic E-state index is 11.9. The number of esters is 1. The van der Waals surface area contributed by atoms with Gasteiger partial charge >= 0.3 is 5.97 Å². The quantitative estimate of drug-likeness (QED) is 0.171. The first kappa shape index (κ1) is 26.4. The number of hydrogen-bond acceptors (Lipinski definition) is 4. The molecule has 0 aliphatic rings. The van der Waals surface area contributed by atoms with Crippen LogP contribution in [0.5, 0.6) is 0 Å². The summed E-state index contributed by atoms with van der Waals surface area (Å²) in [6, 6.07) is 0. The molecule has 1 atom stereocenters. The second-order valence-electron chi connectivity index (χ2n) is 7.58. The zero-order chi connectivity index (χ0) is 20.0. The van der Waals surface area contributed by atoms with E-state index in [1.807, 2.05) is 0 Å². The van der Waals surface area contributed by atoms with Crippen molar-refractivity contribution in [1.82, 2.24) is 0 Å². The van der Waals surface area contributed by atoms with Crippen molar-refractivity contribution in [1.29, 1.82) is 0 Å². The SMILES string of the molecule is CCCCCCC(CCCC)COC(=O)CCCOCCOCCCCC. The first-order valence-electron chi connectivity index (χ1n) is 11.6. The van der Waals surface area contributed by atoms with E-state index in [2.05, 4.69) is 20.8 Å². The van der Waals surface area contributed by atoms with Gasteiger partial charge in [-0.15, -0.1) is 0 Å². The van der Waals surface area contributed by atoms with Crippen molar-refractivity contribution in [3.8, 4) is 0 Å². The van der Waals surface area contributed by atoms with Gasteiger partial charge in [0.25, 0.3) is 0 Å². The topological polar surface area (TPSA) is 44.8 Å². The van der Waals surface area contributed by atoms with E-state index < -0.39 is 0 Å². The predicted octanol–water partition coefficient (Wildman–Crippen LogP) is 6.31. The molecule has 0 aromatic rings. The largest absolute Gasteiger partial charge is 0.465 e. The molecule has 162 valence electrons. The molecular weight excluding hydrogens is 340 g/mol. The molecular formula is C23H46O4. The molecule has 27 heavy (non-hydrogen) atoms. The van der Waals surface area contributed by atoms with Crippen molar-refractivity contribution >= 4 is 5.97 Å². The van der Waals surface area contributed by atoms with Crippen molar-refractivity contribution in [3.05, 3.63) is 0 Å². The van der Waals surface area contributed by atoms with Crippen LogP contribution in [0.4, 0.5) is 0 Å². The monoisotopic (exact) mass is 386 g/mol. The maximum Gasteiger partial charge on any atom is 0.305 e. The van der Waals surface area contributed by atoms with Crippen LogP contribution in [-0.2, 0) is 19.0 Å². The summed E-state index contributed by atoms with van der Waals surface area (Å²) >= 11 is 0. The van der Waals surface area contributed by atoms with E-state index in [-0.39, 0.29) is 5.97 Å². The Bertz CT molecular complexity index is 307. The normalized spacial score (nSPS) is 12.3. The van der Waals surface area contributed by atoms with Crippen LogP contribution in [-0.4, -0.2) is 39.0 Å². The van der Waals surface area contributed by atoms with Crippen LogP contribution >= 0.6 is 0 Å². The van der Waals surface area contributed by atoms with Gasteiger partial charge in [0.1, 0.15) is 0 Å². The van der Waals surface area contributed by atoms with E-state index in [4.69, 9.17) is 14.2 Å². The van der Waals surface area contributed by atoms with Gasteiger partial charge in [0, 0.05) is 19.6 Å². The summed E-state index contributed by atoms with van der Waals surface area (Å²) in [5.74, 6) is 0.455. The van der Waals surface area contributed by atoms with Crippen molar-refractivity contribution < 1.29 is 19.0 Å². The van der Waals surface area contributed by atoms with Gasteiger partial charge in [0.05, 0.1) is 19.8 Å². The van der Waals surface area contributed by atoms with Crippen LogP contribution < -0.4 is 0 Å². The zero-order valence-corrected chi connectivity index (χ0v) is 18.4. The molecule has 0 saturated heterocycles. The minimum Gasteiger partial charge on any atom is -0.465 e. The average molecular weight is 387 g/mol. The molecule has 0 aliphatic heterocycles. The van der Waals surface area contributed by atoms with Gasteiger partial charge in [-0.25, -0.2) is 0 Å². The highest BCUT2D eigenvalue weighted by atomic mass is 16.5. The summed E-state index contributed by atoms with van der Waals surface area (Å²) in [6.45, 7) is 9.91. The van der Waals surface area contributed by atoms with Gasteiger partial charge in [-0.1, -0.05) is 72.1 Å². The molecule has 4 nitrogen and oxygen atoms in total. The van der Waals surface area contributed by atoms with E-state index in [0.29, 0.717) is 38.8 Å². The van der Waals surface area contributed by atoms with Crippen LogP contribution in [0.25, 0.3) is 0 Å². The fourth-order valence-corrected chi connectivity index (χ4v) is 3.04. The molecule has 0 heterocycles. The highest BCUT2D eigenvalue weighted by molar-refractivity contribution is 5.69. The molecule has 4 heteroatoms. The second-order valence-corrected chi connectivity index (χ2v) is 7.58. The fourth-order valence-electron chi connectivity index (χ4n) is 3.04. The Hall–Kier alpha value is -0.610. The summed E-state index contributed by atoms with van der Waals surface area (Å²) in [7, 11) is 0. The lowest BCUT2D eigenvalue weighted by molar-refractivity contribution is -0.145. The Morgan fingerprint density at radius 1 is 0.667 bits per heavy atom. The minimum absolute atomic E-state index is 0.0792. The fraction of sp³-hybridized carbons (Fsp3) is 0.957. The molecule has 0 spiro atoms. The lowest BCUT2D eigenvalue weighted by atomic mass is 9.96. The number of rotatable bonds is 21. The van der Waals surface area contributed by atoms with Gasteiger partial charge < -0.3 is 14.2 Å². The number of ether oxygens (including phenoxy) is 3. The smallest absolute Gasteiger partial charge is 0.305 e. The predicted molar refractivity (Wildman–Crippen MR) is 113 cm³/mol. The summed E-state index contributed by atoms with van der Waals surface area (Å²) in [5.41, 5.74) is 0. The van der Waals surface area contributed by atoms with E-state index in [9.17, 15) is 4.79 Å².